The highest BCUT2D eigenvalue weighted by atomic mass is 32.1. The van der Waals surface area contributed by atoms with Crippen LogP contribution < -0.4 is 31.3 Å². The fraction of sp³-hybridized carbons (Fsp3) is 0.0909. The number of carbonyl (C=O) groups is 5. The molecule has 2 saturated carbocycles. The molecule has 2 fully saturated rings. The lowest BCUT2D eigenvalue weighted by molar-refractivity contribution is -0.117. The van der Waals surface area contributed by atoms with Gasteiger partial charge in [-0.15, -0.1) is 56.7 Å². The molecule has 0 spiro atoms. The van der Waals surface area contributed by atoms with Crippen molar-refractivity contribution in [3.63, 3.8) is 0 Å². The number of nitrogens with one attached hydrogen (secondary N) is 10. The Kier molecular flexibility index (Phi) is 23.8. The van der Waals surface area contributed by atoms with Crippen LogP contribution >= 0.6 is 56.7 Å². The minimum absolute atomic E-state index is 0.0275. The van der Waals surface area contributed by atoms with E-state index in [0.717, 1.165) is 168 Å². The topological polar surface area (TPSA) is 298 Å². The van der Waals surface area contributed by atoms with E-state index < -0.39 is 0 Å². The molecular weight excluding hydrogens is 1790 g/mol. The van der Waals surface area contributed by atoms with Crippen molar-refractivity contribution in [1.29, 1.82) is 0 Å². The number of allylic oxidation sites excluding steroid dienone is 1. The molecule has 21 nitrogen and oxygen atoms in total. The maximum absolute atomic E-state index is 12.9. The minimum Gasteiger partial charge on any atom is -0.492 e. The molecule has 136 heavy (non-hydrogen) atoms. The van der Waals surface area contributed by atoms with Crippen LogP contribution in [0.25, 0.3) is 161 Å². The van der Waals surface area contributed by atoms with Crippen LogP contribution in [0.4, 0.5) is 28.4 Å². The van der Waals surface area contributed by atoms with Crippen LogP contribution in [-0.4, -0.2) is 87.1 Å². The molecule has 664 valence electrons. The third-order valence-corrected chi connectivity index (χ3v) is 29.3. The molecule has 10 N–H and O–H groups in total. The number of para-hydroxylation sites is 1. The number of nitrogens with zero attached hydrogens (tertiary/aromatic N) is 5. The van der Waals surface area contributed by atoms with Gasteiger partial charge in [0.25, 0.3) is 11.8 Å². The highest BCUT2D eigenvalue weighted by Gasteiger charge is 2.30. The van der Waals surface area contributed by atoms with Gasteiger partial charge in [0.2, 0.25) is 17.7 Å². The van der Waals surface area contributed by atoms with E-state index in [1.165, 1.54) is 80.9 Å². The number of amides is 5. The lowest BCUT2D eigenvalue weighted by Gasteiger charge is -2.09. The Labute approximate surface area is 797 Å². The van der Waals surface area contributed by atoms with Crippen LogP contribution in [0, 0.1) is 11.8 Å². The number of hydrogen-bond donors (Lipinski definition) is 10. The Hall–Kier alpha value is -16.1. The van der Waals surface area contributed by atoms with Crippen LogP contribution in [-0.2, 0) is 27.2 Å². The fourth-order valence-corrected chi connectivity index (χ4v) is 21.4. The minimum atomic E-state index is -0.167. The summed E-state index contributed by atoms with van der Waals surface area (Å²) in [6.45, 7) is 0.624. The van der Waals surface area contributed by atoms with Crippen molar-refractivity contribution in [3.05, 3.63) is 353 Å². The summed E-state index contributed by atoms with van der Waals surface area (Å²) in [7, 11) is 0. The van der Waals surface area contributed by atoms with Crippen molar-refractivity contribution >= 4 is 221 Å². The van der Waals surface area contributed by atoms with Gasteiger partial charge in [-0.05, 0) is 256 Å². The number of aryl methyl sites for hydroxylation is 1. The maximum Gasteiger partial charge on any atom is 0.265 e. The summed E-state index contributed by atoms with van der Waals surface area (Å²) >= 11 is 8.28. The van der Waals surface area contributed by atoms with E-state index in [1.807, 2.05) is 193 Å². The molecule has 23 aromatic rings. The van der Waals surface area contributed by atoms with Crippen molar-refractivity contribution in [2.24, 2.45) is 11.8 Å². The van der Waals surface area contributed by atoms with Gasteiger partial charge in [-0.25, -0.2) is 0 Å². The third kappa shape index (κ3) is 18.8. The van der Waals surface area contributed by atoms with Gasteiger partial charge in [-0.2, -0.15) is 25.5 Å². The number of H-pyrrole nitrogens is 5. The van der Waals surface area contributed by atoms with Crippen molar-refractivity contribution in [2.75, 3.05) is 33.2 Å². The van der Waals surface area contributed by atoms with E-state index in [2.05, 4.69) is 205 Å². The molecule has 26 heteroatoms. The van der Waals surface area contributed by atoms with Crippen molar-refractivity contribution in [1.82, 2.24) is 51.0 Å². The first-order chi connectivity index (χ1) is 66.8. The maximum atomic E-state index is 12.9. The number of anilines is 5. The van der Waals surface area contributed by atoms with E-state index in [1.54, 1.807) is 57.5 Å². The van der Waals surface area contributed by atoms with Gasteiger partial charge < -0.3 is 31.3 Å². The van der Waals surface area contributed by atoms with Gasteiger partial charge in [0.15, 0.2) is 0 Å². The normalized spacial score (nSPS) is 12.7. The highest BCUT2D eigenvalue weighted by Crippen LogP contribution is 2.43. The summed E-state index contributed by atoms with van der Waals surface area (Å²) in [5.74, 6) is 1.29. The number of ether oxygens (including phenoxy) is 1. The Morgan fingerprint density at radius 1 is 0.368 bits per heavy atom. The van der Waals surface area contributed by atoms with Crippen LogP contribution in [0.15, 0.2) is 332 Å². The number of aromatic amines is 5. The molecule has 0 bridgehead atoms. The molecule has 5 amide bonds. The number of thiophene rings is 5. The van der Waals surface area contributed by atoms with Gasteiger partial charge >= 0.3 is 0 Å². The first-order valence-electron chi connectivity index (χ1n) is 44.7. The first kappa shape index (κ1) is 85.4. The molecule has 2 aliphatic carbocycles. The van der Waals surface area contributed by atoms with Crippen LogP contribution in [0.1, 0.15) is 62.6 Å². The van der Waals surface area contributed by atoms with E-state index in [0.29, 0.717) is 35.1 Å². The lowest BCUT2D eigenvalue weighted by Crippen LogP contribution is -2.13. The number of hydrogen-bond acceptors (Lipinski definition) is 16. The first-order valence-corrected chi connectivity index (χ1v) is 48.9. The van der Waals surface area contributed by atoms with E-state index in [9.17, 15) is 24.0 Å². The Morgan fingerprint density at radius 2 is 0.794 bits per heavy atom. The van der Waals surface area contributed by atoms with Gasteiger partial charge in [-0.1, -0.05) is 158 Å². The SMILES string of the molecule is O=C(/C=C/C1CC1)Nc1ccc2[nH]nc(-c3cc4ccccc4s3)c2c1.O=C(CCc1cccs1)Nc1ccc2[nH]nc(-c3cc4ccccc4s3)c2c1.O=C(Nc1ccc2[nH]nc(-c3cc4ccccc4s3)c2c1)c1cccc2c1OCC2.O=C(Nc1ccc2[nH]nc(-c3ccc4ccccc4c3)c2c1)C1CC1.O=C(Nc1ccc2[nH]nc(-c3ccc4ccccc4c3)c2c1)c1cccs1. The summed E-state index contributed by atoms with van der Waals surface area (Å²) < 4.78 is 9.39. The Bertz CT molecular complexity index is 8420. The number of benzene rings is 13. The van der Waals surface area contributed by atoms with Crippen molar-refractivity contribution < 1.29 is 28.7 Å². The van der Waals surface area contributed by atoms with Crippen LogP contribution in [0.3, 0.4) is 0 Å². The van der Waals surface area contributed by atoms with Gasteiger partial charge in [0.1, 0.15) is 22.8 Å². The van der Waals surface area contributed by atoms with E-state index >= 15 is 0 Å². The summed E-state index contributed by atoms with van der Waals surface area (Å²) in [6.07, 6.45) is 10.1. The molecule has 1 aliphatic heterocycles. The average Bonchev–Trinajstić information content (AvgIpc) is 1.49. The highest BCUT2D eigenvalue weighted by molar-refractivity contribution is 7.23. The molecule has 11 heterocycles. The molecule has 0 radical (unpaired) electrons. The second kappa shape index (κ2) is 37.9. The number of fused-ring (bicyclic) bond motifs is 11. The number of carbonyl (C=O) groups excluding carboxylic acids is 5. The predicted molar refractivity (Wildman–Crippen MR) is 558 cm³/mol. The molecule has 3 aliphatic rings. The molecule has 0 atom stereocenters. The summed E-state index contributed by atoms with van der Waals surface area (Å²) in [5, 5.41) is 70.4. The molecule has 0 saturated heterocycles. The van der Waals surface area contributed by atoms with Gasteiger partial charge in [-0.3, -0.25) is 49.5 Å². The van der Waals surface area contributed by atoms with Gasteiger partial charge in [0, 0.05) is 104 Å². The zero-order valence-corrected chi connectivity index (χ0v) is 76.9. The predicted octanol–water partition coefficient (Wildman–Crippen LogP) is 27.5. The monoisotopic (exact) mass is 1870 g/mol. The number of rotatable bonds is 18. The lowest BCUT2D eigenvalue weighted by atomic mass is 10.0. The smallest absolute Gasteiger partial charge is 0.265 e. The van der Waals surface area contributed by atoms with Crippen molar-refractivity contribution in [2.45, 2.75) is 44.9 Å². The Morgan fingerprint density at radius 3 is 1.25 bits per heavy atom. The van der Waals surface area contributed by atoms with Crippen LogP contribution in [0.2, 0.25) is 0 Å². The fourth-order valence-electron chi connectivity index (χ4n) is 16.8. The van der Waals surface area contributed by atoms with E-state index in [-0.39, 0.29) is 35.5 Å². The molecule has 10 aromatic heterocycles. The Balaban J connectivity index is 0.0000000986. The average molecular weight is 1870 g/mol. The zero-order valence-electron chi connectivity index (χ0n) is 72.8. The zero-order chi connectivity index (χ0) is 91.5. The summed E-state index contributed by atoms with van der Waals surface area (Å²) in [4.78, 5) is 66.9. The largest absolute Gasteiger partial charge is 0.492 e. The standard InChI is InChI=1S/C24H17N3O2S.C22H17N3OS2.C22H15N3OS.C21H17N3OS.C21H17N3O/c28-24(17-6-3-5-14-10-11-29-23(14)17)25-16-8-9-19-18(13-16)22(27-26-19)21-12-15-4-1-2-7-20(15)30-21;26-21(10-8-16-5-3-11-27-16)23-15-7-9-18-17(13-15)22(25-24-18)20-12-14-4-1-2-6-19(14)28-20;26-22(20-6-3-11-27-20)23-17-9-10-19-18(13-17)21(25-24-19)16-8-7-14-4-1-2-5-15(14)12-16;25-20(10-7-13-5-6-13)22-15-8-9-17-16(12-15)21(24-23-17)19-11-14-3-1-2-4-18(14)26-19;25-21(14-6-7-14)22-17-9-10-19-18(12-17)20(24-23-19)16-8-5-13-3-1-2-4-15(13)11-16/h1-9,12-13H,10-11H2,(H,25,28)(H,26,27);1-7,9,11-13H,8,10H2,(H,23,26)(H,24,25);1-13H,(H,23,26)(H,24,25);1-4,7-13H,5-6H2,(H,22,25)(H,23,24);1-5,8-12,14H,6-7H2,(H,22,25)(H,23,24)/b;;;10-7+;. The van der Waals surface area contributed by atoms with Gasteiger partial charge in [0.05, 0.1) is 70.7 Å². The summed E-state index contributed by atoms with van der Waals surface area (Å²) in [5.41, 5.74) is 16.9. The summed E-state index contributed by atoms with van der Waals surface area (Å²) in [6, 6.07) is 103. The second-order valence-corrected chi connectivity index (χ2v) is 38.8. The quantitative estimate of drug-likeness (QED) is 0.0360. The van der Waals surface area contributed by atoms with Crippen molar-refractivity contribution in [3.8, 4) is 60.0 Å². The molecule has 0 unspecified atom stereocenters. The molecule has 13 aromatic carbocycles. The number of aromatic nitrogens is 10. The molecular formula is C110H83N15O6S5. The van der Waals surface area contributed by atoms with Crippen LogP contribution in [0.5, 0.6) is 5.75 Å². The third-order valence-electron chi connectivity index (χ3n) is 24.1. The second-order valence-electron chi connectivity index (χ2n) is 33.6. The van der Waals surface area contributed by atoms with E-state index in [4.69, 9.17) is 4.74 Å². The molecule has 26 rings (SSSR count).